The molecule has 11 nitrogen and oxygen atoms in total. The minimum atomic E-state index is -0.680. The van der Waals surface area contributed by atoms with Crippen LogP contribution in [-0.4, -0.2) is 40.4 Å². The lowest BCUT2D eigenvalue weighted by atomic mass is 10.2. The van der Waals surface area contributed by atoms with Crippen molar-refractivity contribution >= 4 is 40.6 Å². The van der Waals surface area contributed by atoms with Gasteiger partial charge in [0.2, 0.25) is 11.9 Å². The Kier molecular flexibility index (Phi) is 6.67. The number of methoxy groups -OCH3 is 2. The second-order valence-electron chi connectivity index (χ2n) is 7.61. The Labute approximate surface area is 201 Å². The Hall–Kier alpha value is -4.80. The van der Waals surface area contributed by atoms with Gasteiger partial charge in [-0.05, 0) is 17.7 Å². The molecule has 0 bridgehead atoms. The summed E-state index contributed by atoms with van der Waals surface area (Å²) in [6.07, 6.45) is 3.24. The number of carbonyl (C=O) groups excluding carboxylic acids is 2. The number of fused-ring (bicyclic) bond motifs is 1. The Morgan fingerprint density at radius 3 is 2.46 bits per heavy atom. The van der Waals surface area contributed by atoms with Crippen LogP contribution < -0.4 is 31.2 Å². The quantitative estimate of drug-likeness (QED) is 0.289. The van der Waals surface area contributed by atoms with Crippen LogP contribution in [0.15, 0.2) is 54.9 Å². The van der Waals surface area contributed by atoms with Crippen molar-refractivity contribution in [1.29, 1.82) is 0 Å². The van der Waals surface area contributed by atoms with Gasteiger partial charge >= 0.3 is 0 Å². The highest BCUT2D eigenvalue weighted by atomic mass is 16.5. The summed E-state index contributed by atoms with van der Waals surface area (Å²) in [5.74, 6) is 0.953. The van der Waals surface area contributed by atoms with Gasteiger partial charge in [-0.3, -0.25) is 14.0 Å². The van der Waals surface area contributed by atoms with Gasteiger partial charge in [0.25, 0.3) is 5.91 Å². The summed E-state index contributed by atoms with van der Waals surface area (Å²) in [4.78, 5) is 32.7. The molecule has 2 aromatic carbocycles. The lowest BCUT2D eigenvalue weighted by Crippen LogP contribution is -2.18. The second kappa shape index (κ2) is 10.00. The number of imidazole rings is 1. The maximum Gasteiger partial charge on any atom is 0.256 e. The molecular formula is C24H25N7O4. The number of benzene rings is 2. The van der Waals surface area contributed by atoms with Crippen molar-refractivity contribution in [2.75, 3.05) is 30.2 Å². The van der Waals surface area contributed by atoms with Gasteiger partial charge in [0.1, 0.15) is 17.1 Å². The summed E-state index contributed by atoms with van der Waals surface area (Å²) in [6, 6.07) is 12.7. The molecule has 11 heteroatoms. The number of amides is 2. The lowest BCUT2D eigenvalue weighted by Gasteiger charge is -2.16. The molecule has 2 amide bonds. The number of nitrogens with zero attached hydrogens (tertiary/aromatic N) is 3. The van der Waals surface area contributed by atoms with Crippen molar-refractivity contribution in [1.82, 2.24) is 14.4 Å². The first kappa shape index (κ1) is 23.4. The highest BCUT2D eigenvalue weighted by Crippen LogP contribution is 2.30. The molecule has 0 fully saturated rings. The van der Waals surface area contributed by atoms with E-state index in [9.17, 15) is 9.59 Å². The Bertz CT molecular complexity index is 1380. The van der Waals surface area contributed by atoms with E-state index in [1.54, 1.807) is 49.2 Å². The summed E-state index contributed by atoms with van der Waals surface area (Å²) in [5, 5.41) is 9.17. The van der Waals surface area contributed by atoms with E-state index in [-0.39, 0.29) is 17.3 Å². The van der Waals surface area contributed by atoms with Crippen LogP contribution in [0.25, 0.3) is 5.65 Å². The van der Waals surface area contributed by atoms with Gasteiger partial charge in [-0.25, -0.2) is 4.98 Å². The van der Waals surface area contributed by atoms with Crippen molar-refractivity contribution in [3.8, 4) is 11.5 Å². The maximum atomic E-state index is 12.4. The molecule has 2 heterocycles. The summed E-state index contributed by atoms with van der Waals surface area (Å²) >= 11 is 0. The molecule has 0 saturated carbocycles. The highest BCUT2D eigenvalue weighted by Gasteiger charge is 2.20. The molecule has 0 aliphatic rings. The van der Waals surface area contributed by atoms with Gasteiger partial charge in [0.15, 0.2) is 11.5 Å². The van der Waals surface area contributed by atoms with Crippen molar-refractivity contribution in [2.45, 2.75) is 13.5 Å². The number of nitrogens with two attached hydrogens (primary N) is 1. The molecule has 5 N–H and O–H groups in total. The normalized spacial score (nSPS) is 10.6. The lowest BCUT2D eigenvalue weighted by molar-refractivity contribution is -0.114. The zero-order valence-corrected chi connectivity index (χ0v) is 19.5. The molecule has 180 valence electrons. The number of primary amides is 1. The SMILES string of the molecule is COc1cc(Nc2nc(NCc3cccc(NC(C)=O)c3)n3ccnc3c2C(N)=O)cc(OC)c1. The molecule has 0 unspecified atom stereocenters. The van der Waals surface area contributed by atoms with Gasteiger partial charge in [0, 0.05) is 55.4 Å². The third-order valence-corrected chi connectivity index (χ3v) is 5.11. The van der Waals surface area contributed by atoms with Gasteiger partial charge < -0.3 is 31.2 Å². The van der Waals surface area contributed by atoms with Crippen molar-refractivity contribution in [2.24, 2.45) is 5.73 Å². The highest BCUT2D eigenvalue weighted by molar-refractivity contribution is 6.04. The predicted molar refractivity (Wildman–Crippen MR) is 132 cm³/mol. The number of nitrogens with one attached hydrogen (secondary N) is 3. The van der Waals surface area contributed by atoms with Gasteiger partial charge in [-0.1, -0.05) is 12.1 Å². The van der Waals surface area contributed by atoms with Crippen LogP contribution in [0.2, 0.25) is 0 Å². The average molecular weight is 476 g/mol. The maximum absolute atomic E-state index is 12.4. The van der Waals surface area contributed by atoms with Crippen LogP contribution >= 0.6 is 0 Å². The van der Waals surface area contributed by atoms with Crippen LogP contribution in [0.1, 0.15) is 22.8 Å². The Morgan fingerprint density at radius 2 is 1.80 bits per heavy atom. The van der Waals surface area contributed by atoms with Gasteiger partial charge in [0.05, 0.1) is 14.2 Å². The predicted octanol–water partition coefficient (Wildman–Crippen LogP) is 3.16. The molecule has 0 spiro atoms. The fourth-order valence-electron chi connectivity index (χ4n) is 3.58. The second-order valence-corrected chi connectivity index (χ2v) is 7.61. The fraction of sp³-hybridized carbons (Fsp3) is 0.167. The monoisotopic (exact) mass is 475 g/mol. The van der Waals surface area contributed by atoms with E-state index in [0.29, 0.717) is 41.0 Å². The summed E-state index contributed by atoms with van der Waals surface area (Å²) in [6.45, 7) is 1.85. The summed E-state index contributed by atoms with van der Waals surface area (Å²) in [5.41, 5.74) is 8.37. The zero-order chi connectivity index (χ0) is 24.9. The standard InChI is InChI=1S/C24H25N7O4/c1-14(32)28-16-6-4-5-15(9-16)13-27-24-30-22(20(21(25)33)23-26-7-8-31(23)24)29-17-10-18(34-2)12-19(11-17)35-3/h4-12,29H,13H2,1-3H3,(H2,25,33)(H,27,30)(H,28,32). The first-order valence-corrected chi connectivity index (χ1v) is 10.6. The van der Waals surface area contributed by atoms with Gasteiger partial charge in [-0.15, -0.1) is 0 Å². The van der Waals surface area contributed by atoms with E-state index in [2.05, 4.69) is 25.9 Å². The molecule has 0 aliphatic heterocycles. The van der Waals surface area contributed by atoms with E-state index >= 15 is 0 Å². The van der Waals surface area contributed by atoms with E-state index < -0.39 is 5.91 Å². The number of ether oxygens (including phenoxy) is 2. The zero-order valence-electron chi connectivity index (χ0n) is 19.5. The molecular weight excluding hydrogens is 450 g/mol. The van der Waals surface area contributed by atoms with Crippen LogP contribution in [0.5, 0.6) is 11.5 Å². The molecule has 4 rings (SSSR count). The first-order chi connectivity index (χ1) is 16.9. The molecule has 4 aromatic rings. The van der Waals surface area contributed by atoms with Crippen molar-refractivity contribution < 1.29 is 19.1 Å². The molecule has 2 aromatic heterocycles. The molecule has 0 aliphatic carbocycles. The number of carbonyl (C=O) groups is 2. The summed E-state index contributed by atoms with van der Waals surface area (Å²) in [7, 11) is 3.09. The van der Waals surface area contributed by atoms with Crippen LogP contribution in [-0.2, 0) is 11.3 Å². The molecule has 0 saturated heterocycles. The fourth-order valence-corrected chi connectivity index (χ4v) is 3.58. The number of hydrogen-bond donors (Lipinski definition) is 4. The minimum Gasteiger partial charge on any atom is -0.497 e. The Morgan fingerprint density at radius 1 is 1.06 bits per heavy atom. The average Bonchev–Trinajstić information content (AvgIpc) is 3.31. The molecule has 0 radical (unpaired) electrons. The van der Waals surface area contributed by atoms with E-state index in [0.717, 1.165) is 5.56 Å². The largest absolute Gasteiger partial charge is 0.497 e. The van der Waals surface area contributed by atoms with E-state index in [4.69, 9.17) is 15.2 Å². The third-order valence-electron chi connectivity index (χ3n) is 5.11. The number of hydrogen-bond acceptors (Lipinski definition) is 8. The van der Waals surface area contributed by atoms with Crippen LogP contribution in [0.4, 0.5) is 23.1 Å². The number of rotatable bonds is 9. The topological polar surface area (TPSA) is 145 Å². The van der Waals surface area contributed by atoms with Crippen LogP contribution in [0, 0.1) is 0 Å². The van der Waals surface area contributed by atoms with Crippen molar-refractivity contribution in [3.63, 3.8) is 0 Å². The number of anilines is 4. The minimum absolute atomic E-state index is 0.134. The van der Waals surface area contributed by atoms with Gasteiger partial charge in [-0.2, -0.15) is 4.98 Å². The first-order valence-electron chi connectivity index (χ1n) is 10.6. The van der Waals surface area contributed by atoms with E-state index in [1.807, 2.05) is 24.3 Å². The number of aromatic nitrogens is 3. The van der Waals surface area contributed by atoms with E-state index in [1.165, 1.54) is 6.92 Å². The molecule has 35 heavy (non-hydrogen) atoms. The smallest absolute Gasteiger partial charge is 0.256 e. The Balaban J connectivity index is 1.71. The third kappa shape index (κ3) is 5.24. The van der Waals surface area contributed by atoms with Crippen molar-refractivity contribution in [3.05, 3.63) is 66.0 Å². The molecule has 0 atom stereocenters. The summed E-state index contributed by atoms with van der Waals surface area (Å²) < 4.78 is 12.3. The van der Waals surface area contributed by atoms with Crippen LogP contribution in [0.3, 0.4) is 0 Å².